The molecule has 1 amide bonds. The topological polar surface area (TPSA) is 58.4 Å². The van der Waals surface area contributed by atoms with Crippen molar-refractivity contribution in [2.24, 2.45) is 11.7 Å². The molecule has 0 fully saturated rings. The van der Waals surface area contributed by atoms with Crippen molar-refractivity contribution >= 4 is 5.91 Å². The number of nitrogens with two attached hydrogens (primary N) is 1. The summed E-state index contributed by atoms with van der Waals surface area (Å²) in [6.07, 6.45) is 2.99. The number of likely N-dealkylation sites (N-methyl/N-ethyl adjacent to an activating group) is 1. The van der Waals surface area contributed by atoms with Crippen molar-refractivity contribution < 1.29 is 4.79 Å². The molecular weight excluding hydrogens is 226 g/mol. The summed E-state index contributed by atoms with van der Waals surface area (Å²) in [6.45, 7) is 11.3. The van der Waals surface area contributed by atoms with Crippen molar-refractivity contribution in [3.8, 4) is 0 Å². The number of nitrogens with one attached hydrogen (secondary N) is 1. The van der Waals surface area contributed by atoms with Crippen LogP contribution in [0.5, 0.6) is 0 Å². The highest BCUT2D eigenvalue weighted by molar-refractivity contribution is 5.84. The highest BCUT2D eigenvalue weighted by atomic mass is 16.1. The summed E-state index contributed by atoms with van der Waals surface area (Å²) in [5.74, 6) is 0.472. The monoisotopic (exact) mass is 257 g/mol. The zero-order valence-corrected chi connectivity index (χ0v) is 12.8. The highest BCUT2D eigenvalue weighted by Gasteiger charge is 2.29. The van der Waals surface area contributed by atoms with Gasteiger partial charge in [-0.15, -0.1) is 0 Å². The molecule has 0 aliphatic heterocycles. The molecule has 4 heteroatoms. The maximum atomic E-state index is 11.5. The van der Waals surface area contributed by atoms with Crippen LogP contribution in [0.2, 0.25) is 0 Å². The summed E-state index contributed by atoms with van der Waals surface area (Å²) in [6, 6.07) is 0. The minimum Gasteiger partial charge on any atom is -0.368 e. The van der Waals surface area contributed by atoms with Crippen molar-refractivity contribution in [2.75, 3.05) is 26.7 Å². The Morgan fingerprint density at radius 1 is 1.44 bits per heavy atom. The van der Waals surface area contributed by atoms with E-state index in [9.17, 15) is 4.79 Å². The molecule has 2 atom stereocenters. The Morgan fingerprint density at radius 2 is 2.06 bits per heavy atom. The summed E-state index contributed by atoms with van der Waals surface area (Å²) in [5, 5.41) is 3.19. The summed E-state index contributed by atoms with van der Waals surface area (Å²) in [4.78, 5) is 13.8. The fourth-order valence-corrected chi connectivity index (χ4v) is 2.14. The molecule has 0 heterocycles. The molecule has 0 aliphatic carbocycles. The van der Waals surface area contributed by atoms with E-state index in [0.29, 0.717) is 0 Å². The Morgan fingerprint density at radius 3 is 2.50 bits per heavy atom. The van der Waals surface area contributed by atoms with E-state index >= 15 is 0 Å². The van der Waals surface area contributed by atoms with E-state index < -0.39 is 5.54 Å². The summed E-state index contributed by atoms with van der Waals surface area (Å²) >= 11 is 0. The zero-order chi connectivity index (χ0) is 14.2. The molecule has 0 saturated heterocycles. The lowest BCUT2D eigenvalue weighted by Gasteiger charge is -2.28. The first-order valence-corrected chi connectivity index (χ1v) is 7.09. The van der Waals surface area contributed by atoms with Gasteiger partial charge in [0.1, 0.15) is 0 Å². The van der Waals surface area contributed by atoms with Gasteiger partial charge in [0.15, 0.2) is 0 Å². The lowest BCUT2D eigenvalue weighted by Crippen LogP contribution is -2.53. The average molecular weight is 257 g/mol. The molecule has 2 unspecified atom stereocenters. The number of amides is 1. The van der Waals surface area contributed by atoms with Crippen molar-refractivity contribution in [3.63, 3.8) is 0 Å². The standard InChI is InChI=1S/C14H31N3O/c1-6-12(3)11-17(5)10-8-9-14(4,13(15)18)16-7-2/h12,16H,6-11H2,1-5H3,(H2,15,18). The molecule has 0 aromatic heterocycles. The molecule has 4 nitrogen and oxygen atoms in total. The summed E-state index contributed by atoms with van der Waals surface area (Å²) < 4.78 is 0. The van der Waals surface area contributed by atoms with Gasteiger partial charge in [-0.3, -0.25) is 4.79 Å². The van der Waals surface area contributed by atoms with Gasteiger partial charge < -0.3 is 16.0 Å². The fraction of sp³-hybridized carbons (Fsp3) is 0.929. The third-order valence-corrected chi connectivity index (χ3v) is 3.65. The van der Waals surface area contributed by atoms with Gasteiger partial charge in [-0.05, 0) is 45.8 Å². The van der Waals surface area contributed by atoms with Crippen LogP contribution < -0.4 is 11.1 Å². The molecule has 0 saturated carbocycles. The summed E-state index contributed by atoms with van der Waals surface area (Å²) in [5.41, 5.74) is 4.90. The third kappa shape index (κ3) is 6.36. The number of carbonyl (C=O) groups is 1. The van der Waals surface area contributed by atoms with Crippen LogP contribution in [-0.2, 0) is 4.79 Å². The van der Waals surface area contributed by atoms with Crippen molar-refractivity contribution in [1.82, 2.24) is 10.2 Å². The number of hydrogen-bond donors (Lipinski definition) is 2. The molecule has 0 aromatic rings. The van der Waals surface area contributed by atoms with E-state index in [1.54, 1.807) is 0 Å². The van der Waals surface area contributed by atoms with Crippen LogP contribution in [0.3, 0.4) is 0 Å². The van der Waals surface area contributed by atoms with Crippen LogP contribution in [0.25, 0.3) is 0 Å². The molecule has 0 rings (SSSR count). The predicted octanol–water partition coefficient (Wildman–Crippen LogP) is 1.60. The van der Waals surface area contributed by atoms with E-state index in [2.05, 4.69) is 31.1 Å². The minimum absolute atomic E-state index is 0.256. The normalized spacial score (nSPS) is 16.6. The van der Waals surface area contributed by atoms with Gasteiger partial charge in [0.25, 0.3) is 0 Å². The molecule has 0 spiro atoms. The Hall–Kier alpha value is -0.610. The van der Waals surface area contributed by atoms with E-state index in [1.807, 2.05) is 13.8 Å². The smallest absolute Gasteiger partial charge is 0.237 e. The first kappa shape index (κ1) is 17.4. The minimum atomic E-state index is -0.564. The van der Waals surface area contributed by atoms with Crippen LogP contribution in [0.1, 0.15) is 47.0 Å². The van der Waals surface area contributed by atoms with Crippen LogP contribution in [0.15, 0.2) is 0 Å². The van der Waals surface area contributed by atoms with E-state index in [1.165, 1.54) is 6.42 Å². The van der Waals surface area contributed by atoms with Crippen molar-refractivity contribution in [2.45, 2.75) is 52.5 Å². The first-order valence-electron chi connectivity index (χ1n) is 7.09. The molecule has 108 valence electrons. The molecular formula is C14H31N3O. The van der Waals surface area contributed by atoms with Crippen molar-refractivity contribution in [1.29, 1.82) is 0 Å². The Kier molecular flexibility index (Phi) is 8.20. The number of nitrogens with zero attached hydrogens (tertiary/aromatic N) is 1. The van der Waals surface area contributed by atoms with Gasteiger partial charge in [0.2, 0.25) is 5.91 Å². The number of primary amides is 1. The Balaban J connectivity index is 4.03. The van der Waals surface area contributed by atoms with Gasteiger partial charge in [-0.2, -0.15) is 0 Å². The second kappa shape index (κ2) is 8.48. The molecule has 3 N–H and O–H groups in total. The first-order chi connectivity index (χ1) is 8.35. The van der Waals surface area contributed by atoms with Crippen LogP contribution >= 0.6 is 0 Å². The van der Waals surface area contributed by atoms with Crippen LogP contribution in [-0.4, -0.2) is 43.0 Å². The highest BCUT2D eigenvalue weighted by Crippen LogP contribution is 2.12. The molecule has 0 bridgehead atoms. The van der Waals surface area contributed by atoms with E-state index in [0.717, 1.165) is 38.4 Å². The number of rotatable bonds is 10. The predicted molar refractivity (Wildman–Crippen MR) is 77.5 cm³/mol. The Labute approximate surface area is 112 Å². The second-order valence-corrected chi connectivity index (χ2v) is 5.61. The molecule has 0 radical (unpaired) electrons. The fourth-order valence-electron chi connectivity index (χ4n) is 2.14. The number of carbonyl (C=O) groups excluding carboxylic acids is 1. The molecule has 18 heavy (non-hydrogen) atoms. The lowest BCUT2D eigenvalue weighted by atomic mass is 9.94. The maximum Gasteiger partial charge on any atom is 0.237 e. The van der Waals surface area contributed by atoms with Crippen LogP contribution in [0.4, 0.5) is 0 Å². The molecule has 0 aliphatic rings. The van der Waals surface area contributed by atoms with Gasteiger partial charge in [0, 0.05) is 6.54 Å². The van der Waals surface area contributed by atoms with Gasteiger partial charge in [0.05, 0.1) is 5.54 Å². The zero-order valence-electron chi connectivity index (χ0n) is 12.8. The summed E-state index contributed by atoms with van der Waals surface area (Å²) in [7, 11) is 2.14. The van der Waals surface area contributed by atoms with Gasteiger partial charge in [-0.25, -0.2) is 0 Å². The van der Waals surface area contributed by atoms with Crippen LogP contribution in [0, 0.1) is 5.92 Å². The Bertz CT molecular complexity index is 245. The second-order valence-electron chi connectivity index (χ2n) is 5.61. The molecule has 0 aromatic carbocycles. The third-order valence-electron chi connectivity index (χ3n) is 3.65. The lowest BCUT2D eigenvalue weighted by molar-refractivity contribution is -0.124. The number of hydrogen-bond acceptors (Lipinski definition) is 3. The quantitative estimate of drug-likeness (QED) is 0.625. The largest absolute Gasteiger partial charge is 0.368 e. The van der Waals surface area contributed by atoms with E-state index in [4.69, 9.17) is 5.73 Å². The van der Waals surface area contributed by atoms with E-state index in [-0.39, 0.29) is 5.91 Å². The SMILES string of the molecule is CCNC(C)(CCCN(C)CC(C)CC)C(N)=O. The average Bonchev–Trinajstić information content (AvgIpc) is 2.28. The maximum absolute atomic E-state index is 11.5. The van der Waals surface area contributed by atoms with Gasteiger partial charge in [-0.1, -0.05) is 27.2 Å². The van der Waals surface area contributed by atoms with Gasteiger partial charge >= 0.3 is 0 Å². The van der Waals surface area contributed by atoms with Crippen molar-refractivity contribution in [3.05, 3.63) is 0 Å².